The van der Waals surface area contributed by atoms with Crippen molar-refractivity contribution in [3.8, 4) is 5.69 Å². The van der Waals surface area contributed by atoms with Gasteiger partial charge in [-0.15, -0.1) is 0 Å². The average Bonchev–Trinajstić information content (AvgIpc) is 3.42. The highest BCUT2D eigenvalue weighted by Gasteiger charge is 2.58. The Labute approximate surface area is 205 Å². The summed E-state index contributed by atoms with van der Waals surface area (Å²) in [6.07, 6.45) is -2.06. The van der Waals surface area contributed by atoms with E-state index in [9.17, 15) is 32.3 Å². The van der Waals surface area contributed by atoms with Gasteiger partial charge in [-0.2, -0.15) is 18.3 Å². The number of rotatable bonds is 5. The molecule has 0 aliphatic carbocycles. The van der Waals surface area contributed by atoms with Gasteiger partial charge in [0, 0.05) is 24.2 Å². The molecule has 0 spiro atoms. The molecule has 5 aromatic rings. The Morgan fingerprint density at radius 2 is 1.84 bits per heavy atom. The van der Waals surface area contributed by atoms with Crippen LogP contribution in [0.5, 0.6) is 0 Å². The maximum atomic E-state index is 14.6. The maximum Gasteiger partial charge on any atom is 0.425 e. The molecule has 0 aliphatic heterocycles. The first kappa shape index (κ1) is 24.2. The summed E-state index contributed by atoms with van der Waals surface area (Å²) in [6, 6.07) is 8.90. The van der Waals surface area contributed by atoms with Crippen molar-refractivity contribution in [1.29, 1.82) is 0 Å². The van der Waals surface area contributed by atoms with E-state index in [1.165, 1.54) is 48.3 Å². The average molecular weight is 514 g/mol. The molecule has 13 heteroatoms. The lowest BCUT2D eigenvalue weighted by Gasteiger charge is -2.30. The number of aliphatic hydroxyl groups is 1. The van der Waals surface area contributed by atoms with Gasteiger partial charge in [0.05, 0.1) is 23.7 Å². The molecular formula is C24H18F4N6O3. The Hall–Kier alpha value is -4.52. The Balaban J connectivity index is 1.74. The molecule has 0 radical (unpaired) electrons. The Bertz CT molecular complexity index is 1740. The van der Waals surface area contributed by atoms with Gasteiger partial charge in [0.2, 0.25) is 11.5 Å². The smallest absolute Gasteiger partial charge is 0.372 e. The number of hydrogen-bond acceptors (Lipinski definition) is 5. The van der Waals surface area contributed by atoms with Crippen LogP contribution in [0.25, 0.3) is 27.6 Å². The van der Waals surface area contributed by atoms with Gasteiger partial charge in [-0.3, -0.25) is 9.59 Å². The van der Waals surface area contributed by atoms with Crippen LogP contribution in [0.3, 0.4) is 0 Å². The molecule has 3 aromatic heterocycles. The Kier molecular flexibility index (Phi) is 5.40. The molecule has 9 nitrogen and oxygen atoms in total. The number of halogens is 4. The van der Waals surface area contributed by atoms with Crippen molar-refractivity contribution < 1.29 is 27.5 Å². The molecule has 1 unspecified atom stereocenters. The second-order valence-corrected chi connectivity index (χ2v) is 8.51. The van der Waals surface area contributed by atoms with Gasteiger partial charge in [0.25, 0.3) is 5.56 Å². The lowest BCUT2D eigenvalue weighted by molar-refractivity contribution is -0.247. The summed E-state index contributed by atoms with van der Waals surface area (Å²) in [5, 5.41) is 15.8. The van der Waals surface area contributed by atoms with Crippen LogP contribution in [-0.2, 0) is 24.0 Å². The standard InChI is InChI=1S/C24H18F4N6O3/c1-32-12-30-20-17(10-33(11-19(29)35)21(20)22(32)36)23(37,24(26,27)28)14-2-7-18-13(8-14)9-31-34(18)16-5-3-15(25)4-6-16/h2-10,12,37H,11H2,1H3,(H2,29,35). The lowest BCUT2D eigenvalue weighted by Crippen LogP contribution is -2.43. The zero-order valence-corrected chi connectivity index (χ0v) is 19.1. The van der Waals surface area contributed by atoms with E-state index in [2.05, 4.69) is 10.1 Å². The van der Waals surface area contributed by atoms with E-state index in [4.69, 9.17) is 5.73 Å². The minimum absolute atomic E-state index is 0.259. The van der Waals surface area contributed by atoms with Crippen LogP contribution >= 0.6 is 0 Å². The van der Waals surface area contributed by atoms with E-state index in [0.717, 1.165) is 33.8 Å². The van der Waals surface area contributed by atoms with Crippen LogP contribution in [0, 0.1) is 5.82 Å². The number of nitrogens with two attached hydrogens (primary N) is 1. The van der Waals surface area contributed by atoms with Gasteiger partial charge in [-0.1, -0.05) is 6.07 Å². The van der Waals surface area contributed by atoms with Crippen LogP contribution in [0.4, 0.5) is 17.6 Å². The predicted octanol–water partition coefficient (Wildman–Crippen LogP) is 2.50. The fraction of sp³-hybridized carbons (Fsp3) is 0.167. The van der Waals surface area contributed by atoms with Crippen molar-refractivity contribution >= 4 is 27.8 Å². The quantitative estimate of drug-likeness (QED) is 0.349. The van der Waals surface area contributed by atoms with Gasteiger partial charge in [0.15, 0.2) is 0 Å². The molecule has 0 saturated heterocycles. The van der Waals surface area contributed by atoms with Crippen LogP contribution in [-0.4, -0.2) is 41.1 Å². The fourth-order valence-corrected chi connectivity index (χ4v) is 4.34. The molecule has 3 heterocycles. The number of carbonyl (C=O) groups is 1. The molecule has 37 heavy (non-hydrogen) atoms. The number of hydrogen-bond donors (Lipinski definition) is 2. The largest absolute Gasteiger partial charge is 0.425 e. The minimum Gasteiger partial charge on any atom is -0.372 e. The molecule has 0 fully saturated rings. The zero-order chi connectivity index (χ0) is 26.7. The third kappa shape index (κ3) is 3.74. The van der Waals surface area contributed by atoms with Crippen LogP contribution in [0.2, 0.25) is 0 Å². The molecule has 0 aliphatic rings. The highest BCUT2D eigenvalue weighted by Crippen LogP contribution is 2.47. The number of aryl methyl sites for hydroxylation is 1. The first-order valence-corrected chi connectivity index (χ1v) is 10.8. The van der Waals surface area contributed by atoms with Crippen molar-refractivity contribution in [2.24, 2.45) is 12.8 Å². The Morgan fingerprint density at radius 3 is 2.49 bits per heavy atom. The summed E-state index contributed by atoms with van der Waals surface area (Å²) in [7, 11) is 1.35. The zero-order valence-electron chi connectivity index (χ0n) is 19.1. The molecule has 3 N–H and O–H groups in total. The number of nitrogens with zero attached hydrogens (tertiary/aromatic N) is 5. The van der Waals surface area contributed by atoms with Gasteiger partial charge in [0.1, 0.15) is 23.4 Å². The fourth-order valence-electron chi connectivity index (χ4n) is 4.34. The predicted molar refractivity (Wildman–Crippen MR) is 124 cm³/mol. The van der Waals surface area contributed by atoms with Crippen molar-refractivity contribution in [2.45, 2.75) is 18.3 Å². The second kappa shape index (κ2) is 8.27. The number of carbonyl (C=O) groups excluding carboxylic acids is 1. The topological polar surface area (TPSA) is 121 Å². The van der Waals surface area contributed by atoms with Gasteiger partial charge >= 0.3 is 6.18 Å². The van der Waals surface area contributed by atoms with E-state index in [-0.39, 0.29) is 10.9 Å². The van der Waals surface area contributed by atoms with Crippen molar-refractivity contribution in [3.63, 3.8) is 0 Å². The number of alkyl halides is 3. The summed E-state index contributed by atoms with van der Waals surface area (Å²) in [5.41, 5.74) is -0.255. The third-order valence-corrected chi connectivity index (χ3v) is 6.12. The third-order valence-electron chi connectivity index (χ3n) is 6.12. The first-order valence-electron chi connectivity index (χ1n) is 10.8. The molecule has 0 bridgehead atoms. The summed E-state index contributed by atoms with van der Waals surface area (Å²) in [6.45, 7) is -0.602. The number of amides is 1. The monoisotopic (exact) mass is 514 g/mol. The molecule has 0 saturated carbocycles. The van der Waals surface area contributed by atoms with Crippen molar-refractivity contribution in [2.75, 3.05) is 0 Å². The minimum atomic E-state index is -5.26. The molecule has 1 amide bonds. The summed E-state index contributed by atoms with van der Waals surface area (Å²) < 4.78 is 60.6. The normalized spacial score (nSPS) is 13.8. The molecular weight excluding hydrogens is 496 g/mol. The van der Waals surface area contributed by atoms with E-state index in [1.54, 1.807) is 0 Å². The number of fused-ring (bicyclic) bond motifs is 2. The lowest BCUT2D eigenvalue weighted by atomic mass is 9.86. The summed E-state index contributed by atoms with van der Waals surface area (Å²) in [5.74, 6) is -1.36. The SMILES string of the molecule is Cn1cnc2c(C(O)(c3ccc4c(cnn4-c4ccc(F)cc4)c3)C(F)(F)F)cn(CC(N)=O)c2c1=O. The van der Waals surface area contributed by atoms with Crippen molar-refractivity contribution in [1.82, 2.24) is 23.9 Å². The first-order chi connectivity index (χ1) is 17.4. The van der Waals surface area contributed by atoms with Crippen molar-refractivity contribution in [3.05, 3.63) is 88.5 Å². The summed E-state index contributed by atoms with van der Waals surface area (Å²) in [4.78, 5) is 28.3. The van der Waals surface area contributed by atoms with Gasteiger partial charge in [-0.05, 0) is 42.0 Å². The Morgan fingerprint density at radius 1 is 1.14 bits per heavy atom. The van der Waals surface area contributed by atoms with Gasteiger partial charge < -0.3 is 20.0 Å². The number of primary amides is 1. The van der Waals surface area contributed by atoms with Crippen LogP contribution in [0.1, 0.15) is 11.1 Å². The maximum absolute atomic E-state index is 14.6. The second-order valence-electron chi connectivity index (χ2n) is 8.51. The van der Waals surface area contributed by atoms with E-state index < -0.39 is 52.2 Å². The van der Waals surface area contributed by atoms with Crippen LogP contribution in [0.15, 0.2) is 66.0 Å². The molecule has 1 atom stereocenters. The van der Waals surface area contributed by atoms with E-state index >= 15 is 0 Å². The number of aromatic nitrogens is 5. The highest BCUT2D eigenvalue weighted by atomic mass is 19.4. The number of benzene rings is 2. The van der Waals surface area contributed by atoms with Crippen LogP contribution < -0.4 is 11.3 Å². The highest BCUT2D eigenvalue weighted by molar-refractivity contribution is 5.85. The molecule has 190 valence electrons. The van der Waals surface area contributed by atoms with Gasteiger partial charge in [-0.25, -0.2) is 14.1 Å². The molecule has 5 rings (SSSR count). The summed E-state index contributed by atoms with van der Waals surface area (Å²) >= 11 is 0. The van der Waals surface area contributed by atoms with E-state index in [0.29, 0.717) is 11.2 Å². The van der Waals surface area contributed by atoms with E-state index in [1.807, 2.05) is 0 Å². The molecule has 2 aromatic carbocycles.